The van der Waals surface area contributed by atoms with E-state index in [9.17, 15) is 9.90 Å². The number of hydrogen-bond acceptors (Lipinski definition) is 6. The smallest absolute Gasteiger partial charge is 0.242 e. The minimum absolute atomic E-state index is 0.0423. The van der Waals surface area contributed by atoms with Gasteiger partial charge in [-0.3, -0.25) is 10.1 Å². The molecule has 0 unspecified atom stereocenters. The van der Waals surface area contributed by atoms with Crippen molar-refractivity contribution in [1.82, 2.24) is 5.16 Å². The number of nitrogens with one attached hydrogen (secondary N) is 1. The summed E-state index contributed by atoms with van der Waals surface area (Å²) in [4.78, 5) is 12.5. The van der Waals surface area contributed by atoms with Crippen LogP contribution in [0.1, 0.15) is 46.2 Å². The van der Waals surface area contributed by atoms with E-state index in [-0.39, 0.29) is 12.5 Å². The van der Waals surface area contributed by atoms with Crippen LogP contribution in [0.4, 0.5) is 5.88 Å². The third-order valence-electron chi connectivity index (χ3n) is 4.40. The average molecular weight is 356 g/mol. The van der Waals surface area contributed by atoms with E-state index in [4.69, 9.17) is 9.26 Å². The molecular formula is C17H28N2O4S. The van der Waals surface area contributed by atoms with Gasteiger partial charge in [0, 0.05) is 24.7 Å². The molecular weight excluding hydrogens is 328 g/mol. The van der Waals surface area contributed by atoms with Crippen molar-refractivity contribution in [2.45, 2.75) is 50.7 Å². The highest BCUT2D eigenvalue weighted by Gasteiger charge is 2.31. The molecule has 0 aliphatic carbocycles. The summed E-state index contributed by atoms with van der Waals surface area (Å²) in [5, 5.41) is 16.1. The van der Waals surface area contributed by atoms with Crippen molar-refractivity contribution in [3.63, 3.8) is 0 Å². The summed E-state index contributed by atoms with van der Waals surface area (Å²) in [6.07, 6.45) is 2.12. The summed E-state index contributed by atoms with van der Waals surface area (Å²) >= 11 is 1.66. The van der Waals surface area contributed by atoms with Crippen molar-refractivity contribution < 1.29 is 19.2 Å². The van der Waals surface area contributed by atoms with E-state index in [1.54, 1.807) is 17.8 Å². The van der Waals surface area contributed by atoms with E-state index >= 15 is 0 Å². The van der Waals surface area contributed by atoms with Gasteiger partial charge in [0.05, 0.1) is 17.0 Å². The number of ether oxygens (including phenoxy) is 1. The Kier molecular flexibility index (Phi) is 6.33. The molecule has 0 aromatic carbocycles. The predicted molar refractivity (Wildman–Crippen MR) is 95.3 cm³/mol. The molecule has 136 valence electrons. The number of anilines is 1. The van der Waals surface area contributed by atoms with Crippen LogP contribution in [0, 0.1) is 5.92 Å². The van der Waals surface area contributed by atoms with Crippen molar-refractivity contribution in [2.24, 2.45) is 5.92 Å². The molecule has 6 nitrogen and oxygen atoms in total. The van der Waals surface area contributed by atoms with E-state index < -0.39 is 10.2 Å². The van der Waals surface area contributed by atoms with Gasteiger partial charge in [0.2, 0.25) is 11.8 Å². The molecule has 1 aliphatic heterocycles. The van der Waals surface area contributed by atoms with Gasteiger partial charge in [-0.25, -0.2) is 0 Å². The summed E-state index contributed by atoms with van der Waals surface area (Å²) < 4.78 is 10.0. The number of hydrogen-bond donors (Lipinski definition) is 2. The van der Waals surface area contributed by atoms with Crippen LogP contribution in [0.5, 0.6) is 0 Å². The van der Waals surface area contributed by atoms with Crippen LogP contribution in [-0.2, 0) is 14.9 Å². The molecule has 2 heterocycles. The highest BCUT2D eigenvalue weighted by molar-refractivity contribution is 8.01. The number of aromatic nitrogens is 1. The van der Waals surface area contributed by atoms with Gasteiger partial charge in [0.15, 0.2) is 0 Å². The molecule has 2 rings (SSSR count). The Balaban J connectivity index is 1.90. The number of nitrogens with zero attached hydrogens (tertiary/aromatic N) is 1. The van der Waals surface area contributed by atoms with Crippen molar-refractivity contribution in [1.29, 1.82) is 0 Å². The van der Waals surface area contributed by atoms with Crippen LogP contribution < -0.4 is 5.32 Å². The van der Waals surface area contributed by atoms with Crippen LogP contribution >= 0.6 is 11.8 Å². The molecule has 0 radical (unpaired) electrons. The first kappa shape index (κ1) is 19.3. The molecule has 1 aromatic rings. The molecule has 0 atom stereocenters. The Hall–Kier alpha value is -1.05. The fourth-order valence-electron chi connectivity index (χ4n) is 2.30. The van der Waals surface area contributed by atoms with Gasteiger partial charge in [0.25, 0.3) is 0 Å². The van der Waals surface area contributed by atoms with E-state index in [1.807, 2.05) is 27.7 Å². The Morgan fingerprint density at radius 3 is 2.67 bits per heavy atom. The SMILES string of the molecule is CC(C)(SCC1CCOCC1)C(=O)Nc1cc(C(C)(C)CO)no1. The largest absolute Gasteiger partial charge is 0.395 e. The zero-order chi connectivity index (χ0) is 17.8. The zero-order valence-electron chi connectivity index (χ0n) is 14.9. The van der Waals surface area contributed by atoms with Crippen molar-refractivity contribution >= 4 is 23.6 Å². The number of aliphatic hydroxyl groups excluding tert-OH is 1. The standard InChI is InChI=1S/C17H28N2O4S/c1-16(2,11-20)13-9-14(23-19-13)18-15(21)17(3,4)24-10-12-5-7-22-8-6-12/h9,12,20H,5-8,10-11H2,1-4H3,(H,18,21). The van der Waals surface area contributed by atoms with E-state index in [0.29, 0.717) is 17.5 Å². The monoisotopic (exact) mass is 356 g/mol. The maximum absolute atomic E-state index is 12.5. The first-order valence-corrected chi connectivity index (χ1v) is 9.34. The lowest BCUT2D eigenvalue weighted by atomic mass is 9.91. The topological polar surface area (TPSA) is 84.6 Å². The first-order chi connectivity index (χ1) is 11.2. The van der Waals surface area contributed by atoms with E-state index in [0.717, 1.165) is 31.8 Å². The Morgan fingerprint density at radius 1 is 1.38 bits per heavy atom. The molecule has 1 aromatic heterocycles. The van der Waals surface area contributed by atoms with Crippen LogP contribution in [0.3, 0.4) is 0 Å². The summed E-state index contributed by atoms with van der Waals surface area (Å²) in [7, 11) is 0. The Bertz CT molecular complexity index is 551. The Labute approximate surface area is 147 Å². The lowest BCUT2D eigenvalue weighted by Gasteiger charge is -2.27. The maximum Gasteiger partial charge on any atom is 0.242 e. The van der Waals surface area contributed by atoms with Gasteiger partial charge in [-0.1, -0.05) is 19.0 Å². The molecule has 2 N–H and O–H groups in total. The molecule has 1 fully saturated rings. The summed E-state index contributed by atoms with van der Waals surface area (Å²) in [6.45, 7) is 9.16. The number of amides is 1. The quantitative estimate of drug-likeness (QED) is 0.781. The van der Waals surface area contributed by atoms with Gasteiger partial charge in [0.1, 0.15) is 0 Å². The number of carbonyl (C=O) groups is 1. The van der Waals surface area contributed by atoms with Crippen LogP contribution in [0.15, 0.2) is 10.6 Å². The normalized spacial score (nSPS) is 17.0. The van der Waals surface area contributed by atoms with E-state index in [1.165, 1.54) is 0 Å². The minimum atomic E-state index is -0.558. The number of aliphatic hydroxyl groups is 1. The molecule has 1 aliphatic rings. The van der Waals surface area contributed by atoms with Gasteiger partial charge < -0.3 is 14.4 Å². The van der Waals surface area contributed by atoms with Crippen molar-refractivity contribution in [3.05, 3.63) is 11.8 Å². The molecule has 7 heteroatoms. The third kappa shape index (κ3) is 4.97. The lowest BCUT2D eigenvalue weighted by Crippen LogP contribution is -2.35. The van der Waals surface area contributed by atoms with Gasteiger partial charge in [-0.05, 0) is 38.4 Å². The lowest BCUT2D eigenvalue weighted by molar-refractivity contribution is -0.117. The molecule has 1 amide bonds. The molecule has 0 bridgehead atoms. The van der Waals surface area contributed by atoms with Gasteiger partial charge in [-0.15, -0.1) is 11.8 Å². The van der Waals surface area contributed by atoms with Gasteiger partial charge in [-0.2, -0.15) is 0 Å². The van der Waals surface area contributed by atoms with Crippen molar-refractivity contribution in [3.8, 4) is 0 Å². The van der Waals surface area contributed by atoms with Crippen LogP contribution in [0.25, 0.3) is 0 Å². The number of rotatable bonds is 7. The zero-order valence-corrected chi connectivity index (χ0v) is 15.7. The van der Waals surface area contributed by atoms with Crippen LogP contribution in [-0.4, -0.2) is 46.5 Å². The fraction of sp³-hybridized carbons (Fsp3) is 0.765. The average Bonchev–Trinajstić information content (AvgIpc) is 3.03. The first-order valence-electron chi connectivity index (χ1n) is 8.36. The third-order valence-corrected chi connectivity index (χ3v) is 5.95. The summed E-state index contributed by atoms with van der Waals surface area (Å²) in [5.74, 6) is 1.77. The Morgan fingerprint density at radius 2 is 2.04 bits per heavy atom. The fourth-order valence-corrected chi connectivity index (χ4v) is 3.47. The maximum atomic E-state index is 12.5. The minimum Gasteiger partial charge on any atom is -0.395 e. The number of carbonyl (C=O) groups excluding carboxylic acids is 1. The second-order valence-electron chi connectivity index (χ2n) is 7.45. The van der Waals surface area contributed by atoms with Crippen molar-refractivity contribution in [2.75, 3.05) is 30.9 Å². The van der Waals surface area contributed by atoms with Crippen LogP contribution in [0.2, 0.25) is 0 Å². The summed E-state index contributed by atoms with van der Waals surface area (Å²) in [6, 6.07) is 1.67. The number of thioether (sulfide) groups is 1. The van der Waals surface area contributed by atoms with E-state index in [2.05, 4.69) is 10.5 Å². The second-order valence-corrected chi connectivity index (χ2v) is 9.09. The van der Waals surface area contributed by atoms with Gasteiger partial charge >= 0.3 is 0 Å². The predicted octanol–water partition coefficient (Wildman–Crippen LogP) is 2.82. The molecule has 0 spiro atoms. The molecule has 1 saturated heterocycles. The molecule has 0 saturated carbocycles. The summed E-state index contributed by atoms with van der Waals surface area (Å²) in [5.41, 5.74) is 0.118. The highest BCUT2D eigenvalue weighted by atomic mass is 32.2. The molecule has 24 heavy (non-hydrogen) atoms. The second kappa shape index (κ2) is 7.89. The highest BCUT2D eigenvalue weighted by Crippen LogP contribution is 2.31.